The number of benzene rings is 3. The molecule has 1 atom stereocenters. The highest BCUT2D eigenvalue weighted by Gasteiger charge is 2.24. The number of carboxylic acid groups (broad SMARTS) is 1. The number of nitrogens with one attached hydrogen (secondary N) is 1. The number of halogens is 1. The second-order valence-electron chi connectivity index (χ2n) is 11.5. The molecule has 246 valence electrons. The highest BCUT2D eigenvalue weighted by Crippen LogP contribution is 2.26. The Morgan fingerprint density at radius 1 is 1.04 bits per heavy atom. The van der Waals surface area contributed by atoms with Crippen LogP contribution in [-0.4, -0.2) is 47.8 Å². The van der Waals surface area contributed by atoms with E-state index in [-0.39, 0.29) is 39.5 Å². The summed E-state index contributed by atoms with van der Waals surface area (Å²) in [5.74, 6) is -1.34. The summed E-state index contributed by atoms with van der Waals surface area (Å²) in [6, 6.07) is 17.5. The molecular weight excluding hydrogens is 652 g/mol. The van der Waals surface area contributed by atoms with Gasteiger partial charge in [-0.15, -0.1) is 11.3 Å². The van der Waals surface area contributed by atoms with Gasteiger partial charge in [-0.25, -0.2) is 18.2 Å². The van der Waals surface area contributed by atoms with Crippen molar-refractivity contribution < 1.29 is 38.1 Å². The first-order chi connectivity index (χ1) is 21.2. The van der Waals surface area contributed by atoms with E-state index in [0.717, 1.165) is 21.8 Å². The van der Waals surface area contributed by atoms with Gasteiger partial charge in [0.1, 0.15) is 23.1 Å². The van der Waals surface area contributed by atoms with Gasteiger partial charge in [0, 0.05) is 21.4 Å². The summed E-state index contributed by atoms with van der Waals surface area (Å²) in [5, 5.41) is 15.4. The van der Waals surface area contributed by atoms with Crippen LogP contribution in [0.25, 0.3) is 0 Å². The van der Waals surface area contributed by atoms with Crippen LogP contribution in [0.2, 0.25) is 5.02 Å². The van der Waals surface area contributed by atoms with E-state index in [9.17, 15) is 23.1 Å². The Morgan fingerprint density at radius 3 is 2.33 bits per heavy atom. The number of carbonyl (C=O) groups excluding carboxylic acids is 1. The molecule has 4 N–H and O–H groups in total. The fourth-order valence-electron chi connectivity index (χ4n) is 4.20. The summed E-state index contributed by atoms with van der Waals surface area (Å²) in [5.41, 5.74) is 2.78. The zero-order valence-corrected chi connectivity index (χ0v) is 28.3. The largest absolute Gasteiger partial charge is 0.486 e. The molecule has 0 saturated carbocycles. The number of aromatic nitrogens is 1. The van der Waals surface area contributed by atoms with Gasteiger partial charge in [-0.1, -0.05) is 50.6 Å². The van der Waals surface area contributed by atoms with E-state index in [2.05, 4.69) is 31.1 Å². The molecular formula is C33H37ClN2O8S2. The van der Waals surface area contributed by atoms with Crippen molar-refractivity contribution in [2.24, 2.45) is 0 Å². The third-order valence-corrected chi connectivity index (χ3v) is 9.73. The van der Waals surface area contributed by atoms with Gasteiger partial charge in [0.15, 0.2) is 9.84 Å². The number of aryl methyl sites for hydroxylation is 2. The first kappa shape index (κ1) is 36.5. The van der Waals surface area contributed by atoms with Crippen LogP contribution in [-0.2, 0) is 33.1 Å². The average Bonchev–Trinajstić information content (AvgIpc) is 3.47. The summed E-state index contributed by atoms with van der Waals surface area (Å²) in [6.45, 7) is 8.35. The molecule has 0 fully saturated rings. The van der Waals surface area contributed by atoms with Crippen LogP contribution in [0.1, 0.15) is 59.4 Å². The molecule has 4 rings (SSSR count). The van der Waals surface area contributed by atoms with Crippen LogP contribution < -0.4 is 14.8 Å². The van der Waals surface area contributed by atoms with Gasteiger partial charge in [0.25, 0.3) is 12.1 Å². The van der Waals surface area contributed by atoms with E-state index < -0.39 is 27.9 Å². The average molecular weight is 689 g/mol. The maximum Gasteiger partial charge on any atom is 0.366 e. The first-order valence-corrected chi connectivity index (χ1v) is 17.1. The molecule has 4 aromatic rings. The smallest absolute Gasteiger partial charge is 0.366 e. The van der Waals surface area contributed by atoms with Crippen LogP contribution in [0.3, 0.4) is 0 Å². The molecule has 0 aliphatic rings. The minimum atomic E-state index is -3.44. The summed E-state index contributed by atoms with van der Waals surface area (Å²) >= 11 is 7.35. The van der Waals surface area contributed by atoms with E-state index in [0.29, 0.717) is 23.6 Å². The zero-order valence-electron chi connectivity index (χ0n) is 25.9. The van der Waals surface area contributed by atoms with Crippen LogP contribution in [0.5, 0.6) is 11.5 Å². The summed E-state index contributed by atoms with van der Waals surface area (Å²) < 4.78 is 36.6. The lowest BCUT2D eigenvalue weighted by atomic mass is 9.93. The zero-order chi connectivity index (χ0) is 32.8. The summed E-state index contributed by atoms with van der Waals surface area (Å²) in [7, 11) is -3.44. The minimum absolute atomic E-state index is 0. The fourth-order valence-corrected chi connectivity index (χ4v) is 6.57. The molecule has 10 nitrogen and oxygen atoms in total. The highest BCUT2D eigenvalue weighted by molar-refractivity contribution is 7.91. The standard InChI is InChI=1S/C33H35ClN2O7S2.H2O/c1-21-7-10-23(18-27(21)42-19-29-35-28(20-44-29)33(2,3)4)30(37)36-31(32(38)39)43-25-13-8-22(9-14-25)6-5-17-45(40,41)26-15-11-24(34)12-16-26;/h7-16,18,20,31H,5-6,17,19H2,1-4H3,(H,36,37)(H,38,39);1H2. The van der Waals surface area contributed by atoms with E-state index in [4.69, 9.17) is 21.1 Å². The van der Waals surface area contributed by atoms with Gasteiger partial charge in [-0.05, 0) is 79.4 Å². The normalized spacial score (nSPS) is 12.1. The molecule has 46 heavy (non-hydrogen) atoms. The molecule has 0 bridgehead atoms. The molecule has 0 spiro atoms. The molecule has 1 unspecified atom stereocenters. The number of hydrogen-bond donors (Lipinski definition) is 2. The van der Waals surface area contributed by atoms with Gasteiger partial charge in [-0.2, -0.15) is 0 Å². The Balaban J connectivity index is 0.00000576. The van der Waals surface area contributed by atoms with Gasteiger partial charge in [-0.3, -0.25) is 4.79 Å². The molecule has 1 heterocycles. The molecule has 0 saturated heterocycles. The Morgan fingerprint density at radius 2 is 1.72 bits per heavy atom. The molecule has 1 aromatic heterocycles. The molecule has 0 aliphatic carbocycles. The van der Waals surface area contributed by atoms with Crippen LogP contribution >= 0.6 is 22.9 Å². The quantitative estimate of drug-likeness (QED) is 0.167. The van der Waals surface area contributed by atoms with Crippen molar-refractivity contribution in [1.82, 2.24) is 10.3 Å². The van der Waals surface area contributed by atoms with Crippen LogP contribution in [0, 0.1) is 6.92 Å². The third-order valence-electron chi connectivity index (χ3n) is 6.84. The number of sulfone groups is 1. The number of thiazole rings is 1. The molecule has 13 heteroatoms. The topological polar surface area (TPSA) is 163 Å². The lowest BCUT2D eigenvalue weighted by molar-refractivity contribution is -0.146. The Hall–Kier alpha value is -3.97. The van der Waals surface area contributed by atoms with Crippen molar-refractivity contribution in [3.8, 4) is 11.5 Å². The number of ether oxygens (including phenoxy) is 2. The Labute approximate surface area is 277 Å². The second-order valence-corrected chi connectivity index (χ2v) is 15.0. The predicted molar refractivity (Wildman–Crippen MR) is 178 cm³/mol. The highest BCUT2D eigenvalue weighted by atomic mass is 35.5. The van der Waals surface area contributed by atoms with Crippen LogP contribution in [0.15, 0.2) is 77.0 Å². The van der Waals surface area contributed by atoms with Crippen LogP contribution in [0.4, 0.5) is 0 Å². The number of nitrogens with zero attached hydrogens (tertiary/aromatic N) is 1. The van der Waals surface area contributed by atoms with Crippen molar-refractivity contribution in [2.75, 3.05) is 5.75 Å². The van der Waals surface area contributed by atoms with Crippen molar-refractivity contribution in [3.05, 3.63) is 105 Å². The lowest BCUT2D eigenvalue weighted by Gasteiger charge is -2.17. The van der Waals surface area contributed by atoms with Crippen molar-refractivity contribution in [3.63, 3.8) is 0 Å². The van der Waals surface area contributed by atoms with Gasteiger partial charge in [0.05, 0.1) is 16.3 Å². The molecule has 0 aliphatic heterocycles. The fraction of sp³-hybridized carbons (Fsp3) is 0.303. The monoisotopic (exact) mass is 688 g/mol. The molecule has 0 radical (unpaired) electrons. The third kappa shape index (κ3) is 10.0. The maximum atomic E-state index is 13.0. The van der Waals surface area contributed by atoms with Crippen molar-refractivity contribution in [1.29, 1.82) is 0 Å². The van der Waals surface area contributed by atoms with Crippen molar-refractivity contribution in [2.45, 2.75) is 63.7 Å². The number of aliphatic carboxylic acids is 1. The summed E-state index contributed by atoms with van der Waals surface area (Å²) in [6.07, 6.45) is -0.766. The van der Waals surface area contributed by atoms with E-state index >= 15 is 0 Å². The minimum Gasteiger partial charge on any atom is -0.486 e. The van der Waals surface area contributed by atoms with E-state index in [1.165, 1.54) is 23.5 Å². The number of carboxylic acids is 1. The van der Waals surface area contributed by atoms with Crippen molar-refractivity contribution >= 4 is 44.7 Å². The second kappa shape index (κ2) is 15.5. The number of hydrogen-bond acceptors (Lipinski definition) is 8. The van der Waals surface area contributed by atoms with E-state index in [1.54, 1.807) is 54.6 Å². The van der Waals surface area contributed by atoms with Gasteiger partial charge < -0.3 is 25.4 Å². The Bertz CT molecular complexity index is 1750. The van der Waals surface area contributed by atoms with Gasteiger partial charge >= 0.3 is 5.97 Å². The molecule has 1 amide bonds. The molecule has 3 aromatic carbocycles. The number of rotatable bonds is 13. The van der Waals surface area contributed by atoms with Gasteiger partial charge in [0.2, 0.25) is 0 Å². The summed E-state index contributed by atoms with van der Waals surface area (Å²) in [4.78, 5) is 29.8. The Kier molecular flexibility index (Phi) is 12.3. The lowest BCUT2D eigenvalue weighted by Crippen LogP contribution is -2.44. The number of amides is 1. The maximum absolute atomic E-state index is 13.0. The van der Waals surface area contributed by atoms with E-state index in [1.807, 2.05) is 12.3 Å². The SMILES string of the molecule is Cc1ccc(C(=O)NC(Oc2ccc(CCCS(=O)(=O)c3ccc(Cl)cc3)cc2)C(=O)O)cc1OCc1nc(C(C)(C)C)cs1.O. The number of carbonyl (C=O) groups is 2. The predicted octanol–water partition coefficient (Wildman–Crippen LogP) is 5.78. The first-order valence-electron chi connectivity index (χ1n) is 14.2.